The smallest absolute Gasteiger partial charge is 0.279 e. The van der Waals surface area contributed by atoms with E-state index in [0.29, 0.717) is 6.54 Å². The third-order valence-electron chi connectivity index (χ3n) is 4.68. The molecule has 0 spiro atoms. The van der Waals surface area contributed by atoms with Gasteiger partial charge in [-0.3, -0.25) is 9.69 Å². The Labute approximate surface area is 157 Å². The van der Waals surface area contributed by atoms with Crippen molar-refractivity contribution in [2.24, 2.45) is 0 Å². The van der Waals surface area contributed by atoms with E-state index in [1.807, 2.05) is 44.4 Å². The highest BCUT2D eigenvalue weighted by molar-refractivity contribution is 6.01. The van der Waals surface area contributed by atoms with Crippen molar-refractivity contribution in [2.75, 3.05) is 39.0 Å². The molecule has 0 atom stereocenters. The molecule has 0 aliphatic carbocycles. The van der Waals surface area contributed by atoms with E-state index < -0.39 is 0 Å². The monoisotopic (exact) mass is 358 g/mol. The lowest BCUT2D eigenvalue weighted by molar-refractivity contribution is -0.892. The molecule has 2 rings (SSSR count). The quantitative estimate of drug-likeness (QED) is 0.602. The first-order valence-electron chi connectivity index (χ1n) is 9.88. The zero-order chi connectivity index (χ0) is 18.9. The van der Waals surface area contributed by atoms with E-state index in [1.54, 1.807) is 0 Å². The SMILES string of the molecule is CCCC[NH+](CCCC)CC(=O)Nc1cc([NH+](C)C)nc2ccccc12. The second-order valence-corrected chi connectivity index (χ2v) is 7.25. The minimum absolute atomic E-state index is 0.0864. The van der Waals surface area contributed by atoms with Gasteiger partial charge in [-0.15, -0.1) is 0 Å². The van der Waals surface area contributed by atoms with E-state index in [0.717, 1.165) is 40.4 Å². The Morgan fingerprint density at radius 3 is 2.35 bits per heavy atom. The maximum absolute atomic E-state index is 12.7. The van der Waals surface area contributed by atoms with Gasteiger partial charge in [-0.2, -0.15) is 4.98 Å². The molecule has 1 amide bonds. The van der Waals surface area contributed by atoms with Gasteiger partial charge >= 0.3 is 0 Å². The van der Waals surface area contributed by atoms with Crippen LogP contribution in [0.3, 0.4) is 0 Å². The molecule has 3 N–H and O–H groups in total. The fourth-order valence-corrected chi connectivity index (χ4v) is 3.11. The van der Waals surface area contributed by atoms with Crippen molar-refractivity contribution in [1.29, 1.82) is 0 Å². The molecule has 0 bridgehead atoms. The number of para-hydroxylation sites is 1. The average molecular weight is 359 g/mol. The molecule has 0 unspecified atom stereocenters. The fourth-order valence-electron chi connectivity index (χ4n) is 3.11. The third-order valence-corrected chi connectivity index (χ3v) is 4.68. The van der Waals surface area contributed by atoms with Crippen molar-refractivity contribution in [2.45, 2.75) is 39.5 Å². The summed E-state index contributed by atoms with van der Waals surface area (Å²) in [5, 5.41) is 4.15. The number of carbonyl (C=O) groups is 1. The van der Waals surface area contributed by atoms with Crippen LogP contribution in [-0.2, 0) is 4.79 Å². The number of fused-ring (bicyclic) bond motifs is 1. The first-order valence-corrected chi connectivity index (χ1v) is 9.88. The highest BCUT2D eigenvalue weighted by Crippen LogP contribution is 2.23. The molecule has 0 fully saturated rings. The van der Waals surface area contributed by atoms with Crippen molar-refractivity contribution in [3.63, 3.8) is 0 Å². The molecule has 5 nitrogen and oxygen atoms in total. The molecule has 0 saturated heterocycles. The standard InChI is InChI=1S/C21H32N4O/c1-5-7-13-25(14-8-6-2)16-21(26)23-19-15-20(24(3)4)22-18-12-10-9-11-17(18)19/h9-12,15H,5-8,13-14,16H2,1-4H3,(H,22,23,26)/p+2. The number of unbranched alkanes of at least 4 members (excludes halogenated alkanes) is 2. The van der Waals surface area contributed by atoms with E-state index in [9.17, 15) is 4.79 Å². The zero-order valence-corrected chi connectivity index (χ0v) is 16.7. The third kappa shape index (κ3) is 5.78. The van der Waals surface area contributed by atoms with Crippen LogP contribution >= 0.6 is 0 Å². The number of nitrogens with zero attached hydrogens (tertiary/aromatic N) is 1. The molecular weight excluding hydrogens is 324 g/mol. The summed E-state index contributed by atoms with van der Waals surface area (Å²) in [5.74, 6) is 1.02. The summed E-state index contributed by atoms with van der Waals surface area (Å²) in [6.07, 6.45) is 4.67. The van der Waals surface area contributed by atoms with Crippen LogP contribution < -0.4 is 15.1 Å². The van der Waals surface area contributed by atoms with Crippen LogP contribution in [-0.4, -0.2) is 44.6 Å². The number of anilines is 1. The number of nitrogens with one attached hydrogen (secondary N) is 3. The number of carbonyl (C=O) groups excluding carboxylic acids is 1. The molecule has 1 aromatic heterocycles. The van der Waals surface area contributed by atoms with Crippen molar-refractivity contribution in [3.8, 4) is 0 Å². The van der Waals surface area contributed by atoms with Gasteiger partial charge in [0.15, 0.2) is 6.54 Å². The molecule has 5 heteroatoms. The normalized spacial score (nSPS) is 11.5. The van der Waals surface area contributed by atoms with Gasteiger partial charge < -0.3 is 10.2 Å². The van der Waals surface area contributed by atoms with Gasteiger partial charge in [-0.25, -0.2) is 0 Å². The molecule has 0 radical (unpaired) electrons. The number of amides is 1. The van der Waals surface area contributed by atoms with Crippen LogP contribution in [0.4, 0.5) is 11.5 Å². The predicted molar refractivity (Wildman–Crippen MR) is 108 cm³/mol. The molecule has 2 aromatic rings. The number of rotatable bonds is 10. The van der Waals surface area contributed by atoms with E-state index in [2.05, 4.69) is 19.2 Å². The van der Waals surface area contributed by atoms with Crippen LogP contribution in [0.1, 0.15) is 39.5 Å². The van der Waals surface area contributed by atoms with E-state index in [4.69, 9.17) is 4.98 Å². The number of pyridine rings is 1. The highest BCUT2D eigenvalue weighted by Gasteiger charge is 2.16. The van der Waals surface area contributed by atoms with Gasteiger partial charge in [0.1, 0.15) is 0 Å². The maximum Gasteiger partial charge on any atom is 0.279 e. The number of hydrogen-bond donors (Lipinski definition) is 3. The van der Waals surface area contributed by atoms with Crippen LogP contribution in [0.25, 0.3) is 10.9 Å². The summed E-state index contributed by atoms with van der Waals surface area (Å²) in [6, 6.07) is 9.98. The second-order valence-electron chi connectivity index (χ2n) is 7.25. The van der Waals surface area contributed by atoms with Gasteiger partial charge in [0.25, 0.3) is 5.91 Å². The topological polar surface area (TPSA) is 50.9 Å². The summed E-state index contributed by atoms with van der Waals surface area (Å²) < 4.78 is 0. The fraction of sp³-hybridized carbons (Fsp3) is 0.524. The second kappa shape index (κ2) is 10.2. The average Bonchev–Trinajstić information content (AvgIpc) is 2.63. The minimum atomic E-state index is 0.0864. The Bertz CT molecular complexity index is 706. The Hall–Kier alpha value is -1.98. The lowest BCUT2D eigenvalue weighted by Gasteiger charge is -2.19. The Morgan fingerprint density at radius 2 is 1.73 bits per heavy atom. The lowest BCUT2D eigenvalue weighted by Crippen LogP contribution is -3.13. The van der Waals surface area contributed by atoms with Gasteiger partial charge in [0.05, 0.1) is 38.4 Å². The first-order chi connectivity index (χ1) is 12.5. The zero-order valence-electron chi connectivity index (χ0n) is 16.7. The number of aromatic nitrogens is 1. The number of benzene rings is 1. The Balaban J connectivity index is 2.16. The van der Waals surface area contributed by atoms with E-state index in [-0.39, 0.29) is 5.91 Å². The van der Waals surface area contributed by atoms with Crippen molar-refractivity contribution < 1.29 is 14.6 Å². The van der Waals surface area contributed by atoms with Crippen molar-refractivity contribution in [1.82, 2.24) is 4.98 Å². The molecule has 1 heterocycles. The van der Waals surface area contributed by atoms with Crippen LogP contribution in [0.5, 0.6) is 0 Å². The summed E-state index contributed by atoms with van der Waals surface area (Å²) in [5.41, 5.74) is 1.78. The molecule has 0 aliphatic rings. The van der Waals surface area contributed by atoms with Gasteiger partial charge in [-0.1, -0.05) is 44.9 Å². The minimum Gasteiger partial charge on any atom is -0.327 e. The molecule has 142 valence electrons. The number of hydrogen-bond acceptors (Lipinski definition) is 2. The molecule has 26 heavy (non-hydrogen) atoms. The highest BCUT2D eigenvalue weighted by atomic mass is 16.2. The van der Waals surface area contributed by atoms with Crippen LogP contribution in [0, 0.1) is 0 Å². The van der Waals surface area contributed by atoms with Crippen molar-refractivity contribution >= 4 is 28.3 Å². The molecule has 0 saturated carbocycles. The largest absolute Gasteiger partial charge is 0.327 e. The molecule has 0 aliphatic heterocycles. The van der Waals surface area contributed by atoms with Gasteiger partial charge in [0, 0.05) is 11.5 Å². The van der Waals surface area contributed by atoms with Crippen LogP contribution in [0.15, 0.2) is 30.3 Å². The summed E-state index contributed by atoms with van der Waals surface area (Å²) in [6.45, 7) is 7.06. The molecular formula is C21H34N4O+2. The summed E-state index contributed by atoms with van der Waals surface area (Å²) in [4.78, 5) is 19.9. The molecule has 1 aromatic carbocycles. The van der Waals surface area contributed by atoms with E-state index >= 15 is 0 Å². The van der Waals surface area contributed by atoms with E-state index in [1.165, 1.54) is 30.6 Å². The predicted octanol–water partition coefficient (Wildman–Crippen LogP) is 1.43. The van der Waals surface area contributed by atoms with Crippen molar-refractivity contribution in [3.05, 3.63) is 30.3 Å². The number of quaternary nitrogens is 2. The van der Waals surface area contributed by atoms with Crippen LogP contribution in [0.2, 0.25) is 0 Å². The summed E-state index contributed by atoms with van der Waals surface area (Å²) in [7, 11) is 4.09. The summed E-state index contributed by atoms with van der Waals surface area (Å²) >= 11 is 0. The Kier molecular flexibility index (Phi) is 8.01. The lowest BCUT2D eigenvalue weighted by atomic mass is 10.1. The first kappa shape index (κ1) is 20.3. The van der Waals surface area contributed by atoms with Gasteiger partial charge in [0.2, 0.25) is 5.82 Å². The Morgan fingerprint density at radius 1 is 1.08 bits per heavy atom. The van der Waals surface area contributed by atoms with Gasteiger partial charge in [-0.05, 0) is 18.9 Å². The maximum atomic E-state index is 12.7.